The molecule has 1 aromatic carbocycles. The maximum Gasteiger partial charge on any atom is 0.352 e. The lowest BCUT2D eigenvalue weighted by molar-refractivity contribution is -0.385. The summed E-state index contributed by atoms with van der Waals surface area (Å²) in [6.07, 6.45) is -2.29. The number of nitrogens with one attached hydrogen (secondary N) is 2. The van der Waals surface area contributed by atoms with E-state index in [9.17, 15) is 44.6 Å². The fourth-order valence-corrected chi connectivity index (χ4v) is 6.33. The summed E-state index contributed by atoms with van der Waals surface area (Å²) in [6, 6.07) is 3.64. The van der Waals surface area contributed by atoms with E-state index in [1.54, 1.807) is 0 Å². The van der Waals surface area contributed by atoms with Crippen molar-refractivity contribution in [1.29, 1.82) is 0 Å². The van der Waals surface area contributed by atoms with Gasteiger partial charge in [-0.25, -0.2) is 4.79 Å². The van der Waals surface area contributed by atoms with E-state index in [1.807, 2.05) is 0 Å². The number of β-lactam (4-membered cyclic amide) rings is 1. The Morgan fingerprint density at radius 2 is 2.11 bits per heavy atom. The molecular formula is C19H17N7O9S2. The SMILES string of the molecule is O=C(O)CC(Sc1nn[nH]n1)C1=C(C(=O)O)N2C(=O)C(NC(=O)C(O)c3cccc([N+](=O)[O-])c3)[C@@H]2SC1. The van der Waals surface area contributed by atoms with Crippen molar-refractivity contribution >= 4 is 53.0 Å². The molecule has 194 valence electrons. The Balaban J connectivity index is 1.54. The number of hydrogen-bond donors (Lipinski definition) is 5. The minimum Gasteiger partial charge on any atom is -0.481 e. The maximum absolute atomic E-state index is 12.9. The molecule has 0 aliphatic carbocycles. The number of thioether (sulfide) groups is 2. The number of nitrogens with zero attached hydrogens (tertiary/aromatic N) is 5. The number of nitro benzene ring substituents is 1. The summed E-state index contributed by atoms with van der Waals surface area (Å²) in [5.41, 5.74) is -0.632. The molecule has 16 nitrogen and oxygen atoms in total. The molecule has 2 aromatic rings. The molecular weight excluding hydrogens is 534 g/mol. The van der Waals surface area contributed by atoms with E-state index in [1.165, 1.54) is 18.2 Å². The van der Waals surface area contributed by atoms with Crippen molar-refractivity contribution < 1.29 is 39.4 Å². The van der Waals surface area contributed by atoms with Crippen molar-refractivity contribution in [1.82, 2.24) is 30.8 Å². The molecule has 37 heavy (non-hydrogen) atoms. The zero-order chi connectivity index (χ0) is 26.9. The van der Waals surface area contributed by atoms with E-state index in [2.05, 4.69) is 25.9 Å². The van der Waals surface area contributed by atoms with Gasteiger partial charge in [0, 0.05) is 23.1 Å². The topological polar surface area (TPSA) is 242 Å². The number of fused-ring (bicyclic) bond motifs is 1. The van der Waals surface area contributed by atoms with Gasteiger partial charge in [-0.15, -0.1) is 22.0 Å². The lowest BCUT2D eigenvalue weighted by atomic mass is 9.99. The smallest absolute Gasteiger partial charge is 0.352 e. The van der Waals surface area contributed by atoms with Crippen molar-refractivity contribution in [2.45, 2.75) is 34.3 Å². The Morgan fingerprint density at radius 1 is 1.35 bits per heavy atom. The average Bonchev–Trinajstić information content (AvgIpc) is 3.38. The van der Waals surface area contributed by atoms with Crippen molar-refractivity contribution in [3.05, 3.63) is 51.2 Å². The molecule has 0 radical (unpaired) electrons. The van der Waals surface area contributed by atoms with Crippen molar-refractivity contribution in [2.24, 2.45) is 0 Å². The number of carboxylic acid groups (broad SMARTS) is 2. The zero-order valence-electron chi connectivity index (χ0n) is 18.4. The highest BCUT2D eigenvalue weighted by Gasteiger charge is 2.55. The van der Waals surface area contributed by atoms with Gasteiger partial charge in [0.05, 0.1) is 11.3 Å². The first-order valence-electron chi connectivity index (χ1n) is 10.3. The van der Waals surface area contributed by atoms with Crippen LogP contribution in [0.1, 0.15) is 18.1 Å². The third kappa shape index (κ3) is 5.25. The van der Waals surface area contributed by atoms with E-state index in [0.29, 0.717) is 0 Å². The number of aliphatic hydroxyl groups is 1. The van der Waals surface area contributed by atoms with Crippen LogP contribution in [-0.4, -0.2) is 91.9 Å². The number of carbonyl (C=O) groups is 4. The van der Waals surface area contributed by atoms with E-state index in [-0.39, 0.29) is 27.7 Å². The van der Waals surface area contributed by atoms with Crippen molar-refractivity contribution in [3.8, 4) is 0 Å². The highest BCUT2D eigenvalue weighted by molar-refractivity contribution is 8.01. The number of amides is 2. The first kappa shape index (κ1) is 26.0. The van der Waals surface area contributed by atoms with Crippen LogP contribution in [0.3, 0.4) is 0 Å². The Kier molecular flexibility index (Phi) is 7.41. The summed E-state index contributed by atoms with van der Waals surface area (Å²) in [5, 5.41) is 54.4. The largest absolute Gasteiger partial charge is 0.481 e. The number of H-pyrrole nitrogens is 1. The molecule has 0 saturated carbocycles. The van der Waals surface area contributed by atoms with Gasteiger partial charge in [-0.2, -0.15) is 5.21 Å². The van der Waals surface area contributed by atoms with E-state index >= 15 is 0 Å². The fraction of sp³-hybridized carbons (Fsp3) is 0.316. The van der Waals surface area contributed by atoms with Gasteiger partial charge in [0.2, 0.25) is 5.16 Å². The Hall–Kier alpha value is -4.03. The van der Waals surface area contributed by atoms with Crippen molar-refractivity contribution in [2.75, 3.05) is 5.75 Å². The van der Waals surface area contributed by atoms with Crippen molar-refractivity contribution in [3.63, 3.8) is 0 Å². The average molecular weight is 552 g/mol. The molecule has 1 aromatic heterocycles. The number of carboxylic acids is 2. The van der Waals surface area contributed by atoms with Gasteiger partial charge in [-0.3, -0.25) is 29.4 Å². The number of benzene rings is 1. The molecule has 18 heteroatoms. The van der Waals surface area contributed by atoms with Crippen LogP contribution >= 0.6 is 23.5 Å². The third-order valence-corrected chi connectivity index (χ3v) is 7.89. The van der Waals surface area contributed by atoms with E-state index in [0.717, 1.165) is 34.5 Å². The lowest BCUT2D eigenvalue weighted by Gasteiger charge is -2.50. The number of hydrogen-bond acceptors (Lipinski definition) is 12. The van der Waals surface area contributed by atoms with Crippen LogP contribution in [0.25, 0.3) is 0 Å². The minimum atomic E-state index is -1.81. The number of tetrazole rings is 1. The predicted molar refractivity (Wildman–Crippen MR) is 124 cm³/mol. The zero-order valence-corrected chi connectivity index (χ0v) is 20.0. The third-order valence-electron chi connectivity index (χ3n) is 5.47. The van der Waals surface area contributed by atoms with Crippen LogP contribution in [0, 0.1) is 10.1 Å². The quantitative estimate of drug-likeness (QED) is 0.108. The summed E-state index contributed by atoms with van der Waals surface area (Å²) in [4.78, 5) is 60.4. The fourth-order valence-electron chi connectivity index (χ4n) is 3.81. The van der Waals surface area contributed by atoms with Crippen LogP contribution < -0.4 is 5.32 Å². The number of aliphatic carboxylic acids is 2. The summed E-state index contributed by atoms with van der Waals surface area (Å²) >= 11 is 1.98. The normalized spacial score (nSPS) is 20.5. The van der Waals surface area contributed by atoms with Gasteiger partial charge in [-0.05, 0) is 16.3 Å². The van der Waals surface area contributed by atoms with Crippen LogP contribution in [0.2, 0.25) is 0 Å². The summed E-state index contributed by atoms with van der Waals surface area (Å²) < 4.78 is 0. The maximum atomic E-state index is 12.9. The number of aliphatic hydroxyl groups excluding tert-OH is 1. The first-order valence-corrected chi connectivity index (χ1v) is 12.3. The Labute approximate surface area is 214 Å². The van der Waals surface area contributed by atoms with Gasteiger partial charge in [0.15, 0.2) is 6.10 Å². The molecule has 3 unspecified atom stereocenters. The summed E-state index contributed by atoms with van der Waals surface area (Å²) in [7, 11) is 0. The molecule has 2 amide bonds. The number of non-ortho nitro benzene ring substituents is 1. The van der Waals surface area contributed by atoms with Gasteiger partial charge in [0.1, 0.15) is 17.1 Å². The lowest BCUT2D eigenvalue weighted by Crippen LogP contribution is -2.71. The molecule has 2 aliphatic heterocycles. The number of carbonyl (C=O) groups excluding carboxylic acids is 2. The highest BCUT2D eigenvalue weighted by Crippen LogP contribution is 2.44. The molecule has 3 heterocycles. The van der Waals surface area contributed by atoms with E-state index < -0.39 is 63.6 Å². The van der Waals surface area contributed by atoms with Crippen LogP contribution in [-0.2, 0) is 19.2 Å². The van der Waals surface area contributed by atoms with Gasteiger partial charge in [0.25, 0.3) is 17.5 Å². The molecule has 4 atom stereocenters. The molecule has 1 fully saturated rings. The highest BCUT2D eigenvalue weighted by atomic mass is 32.2. The monoisotopic (exact) mass is 551 g/mol. The van der Waals surface area contributed by atoms with Gasteiger partial charge < -0.3 is 20.6 Å². The van der Waals surface area contributed by atoms with Gasteiger partial charge >= 0.3 is 11.9 Å². The van der Waals surface area contributed by atoms with Crippen LogP contribution in [0.5, 0.6) is 0 Å². The molecule has 1 saturated heterocycles. The minimum absolute atomic E-state index is 0.0265. The standard InChI is InChI=1S/C19H17N7O9S2/c27-11(28)5-10(37-19-21-23-24-22-19)9-6-36-17-12(16(31)25(17)13(9)18(32)33)20-15(30)14(29)7-2-1-3-8(4-7)26(34)35/h1-4,10,12,14,17,29H,5-6H2,(H,20,30)(H,27,28)(H,32,33)(H,21,22,23,24)/t10?,12?,14?,17-/m0/s1. The van der Waals surface area contributed by atoms with Crippen LogP contribution in [0.15, 0.2) is 40.7 Å². The molecule has 0 bridgehead atoms. The second-order valence-electron chi connectivity index (χ2n) is 7.73. The number of nitro groups is 1. The Morgan fingerprint density at radius 3 is 2.73 bits per heavy atom. The number of rotatable bonds is 10. The van der Waals surface area contributed by atoms with Gasteiger partial charge in [-0.1, -0.05) is 23.9 Å². The summed E-state index contributed by atoms with van der Waals surface area (Å²) in [6.45, 7) is 0. The number of aromatic nitrogens is 4. The Bertz CT molecular complexity index is 1300. The summed E-state index contributed by atoms with van der Waals surface area (Å²) in [5.74, 6) is -4.41. The van der Waals surface area contributed by atoms with Crippen LogP contribution in [0.4, 0.5) is 5.69 Å². The van der Waals surface area contributed by atoms with E-state index in [4.69, 9.17) is 0 Å². The molecule has 5 N–H and O–H groups in total. The second-order valence-corrected chi connectivity index (χ2v) is 10.0. The second kappa shape index (κ2) is 10.5. The predicted octanol–water partition coefficient (Wildman–Crippen LogP) is -0.484. The molecule has 4 rings (SSSR count). The molecule has 0 spiro atoms. The molecule has 2 aliphatic rings. The number of aromatic amines is 1. The first-order chi connectivity index (χ1) is 17.6.